The Morgan fingerprint density at radius 3 is 2.74 bits per heavy atom. The van der Waals surface area contributed by atoms with Crippen LogP contribution in [0.5, 0.6) is 5.75 Å². The zero-order valence-corrected chi connectivity index (χ0v) is 17.9. The molecular weight excluding hydrogens is 424 g/mol. The molecule has 4 N–H and O–H groups in total. The standard InChI is InChI=1S/C12H12N2O3.C9H10N2O2.ClH/c1-3-17-12(16)10-13-8-6-4-5-7(2)9(8)11(15)14-10;10-4-6-1-2-8-7(3-6)11-9(12)5-13-8;/h4-6H,3H2,1-2H3,(H,13,14,15);1-3H,4-5,10H2,(H,11,12);1H. The zero-order valence-electron chi connectivity index (χ0n) is 17.1. The first kappa shape index (κ1) is 23.8. The van der Waals surface area contributed by atoms with Gasteiger partial charge in [0.15, 0.2) is 6.61 Å². The van der Waals surface area contributed by atoms with Crippen molar-refractivity contribution in [2.75, 3.05) is 18.5 Å². The molecule has 0 unspecified atom stereocenters. The summed E-state index contributed by atoms with van der Waals surface area (Å²) in [6.45, 7) is 4.32. The number of amides is 1. The number of carbonyl (C=O) groups is 2. The molecule has 1 aliphatic rings. The minimum Gasteiger partial charge on any atom is -0.482 e. The molecule has 0 spiro atoms. The molecule has 164 valence electrons. The monoisotopic (exact) mass is 446 g/mol. The number of rotatable bonds is 3. The number of benzene rings is 2. The second-order valence-corrected chi connectivity index (χ2v) is 6.48. The number of nitrogens with one attached hydrogen (secondary N) is 2. The highest BCUT2D eigenvalue weighted by atomic mass is 35.5. The molecule has 31 heavy (non-hydrogen) atoms. The fourth-order valence-corrected chi connectivity index (χ4v) is 2.91. The van der Waals surface area contributed by atoms with E-state index in [9.17, 15) is 14.4 Å². The summed E-state index contributed by atoms with van der Waals surface area (Å²) in [6, 6.07) is 10.8. The van der Waals surface area contributed by atoms with E-state index in [2.05, 4.69) is 15.3 Å². The highest BCUT2D eigenvalue weighted by molar-refractivity contribution is 5.95. The van der Waals surface area contributed by atoms with Crippen molar-refractivity contribution in [3.8, 4) is 5.75 Å². The Balaban J connectivity index is 0.000000220. The average Bonchev–Trinajstić information content (AvgIpc) is 2.73. The van der Waals surface area contributed by atoms with E-state index in [-0.39, 0.29) is 42.9 Å². The van der Waals surface area contributed by atoms with E-state index in [1.54, 1.807) is 19.1 Å². The van der Waals surface area contributed by atoms with Crippen molar-refractivity contribution in [1.82, 2.24) is 9.97 Å². The number of hydrogen-bond donors (Lipinski definition) is 3. The van der Waals surface area contributed by atoms with Crippen LogP contribution in [0.3, 0.4) is 0 Å². The van der Waals surface area contributed by atoms with Crippen LogP contribution in [-0.2, 0) is 16.1 Å². The lowest BCUT2D eigenvalue weighted by molar-refractivity contribution is -0.118. The molecule has 2 heterocycles. The number of halogens is 1. The minimum atomic E-state index is -0.618. The van der Waals surface area contributed by atoms with Gasteiger partial charge in [0.25, 0.3) is 11.5 Å². The van der Waals surface area contributed by atoms with Crippen molar-refractivity contribution in [2.24, 2.45) is 5.73 Å². The summed E-state index contributed by atoms with van der Waals surface area (Å²) >= 11 is 0. The summed E-state index contributed by atoms with van der Waals surface area (Å²) in [5.41, 5.74) is 8.15. The van der Waals surface area contributed by atoms with E-state index >= 15 is 0 Å². The van der Waals surface area contributed by atoms with Crippen LogP contribution in [0.1, 0.15) is 28.7 Å². The lowest BCUT2D eigenvalue weighted by Crippen LogP contribution is -2.25. The number of ether oxygens (including phenoxy) is 2. The Morgan fingerprint density at radius 1 is 1.26 bits per heavy atom. The van der Waals surface area contributed by atoms with E-state index in [1.165, 1.54) is 0 Å². The quantitative estimate of drug-likeness (QED) is 0.525. The number of H-pyrrole nitrogens is 1. The Labute approximate surface area is 184 Å². The van der Waals surface area contributed by atoms with Crippen molar-refractivity contribution in [2.45, 2.75) is 20.4 Å². The predicted octanol–water partition coefficient (Wildman–Crippen LogP) is 2.31. The summed E-state index contributed by atoms with van der Waals surface area (Å²) in [4.78, 5) is 40.8. The highest BCUT2D eigenvalue weighted by Gasteiger charge is 2.15. The number of aromatic amines is 1. The maximum absolute atomic E-state index is 11.8. The zero-order chi connectivity index (χ0) is 21.7. The second kappa shape index (κ2) is 10.6. The number of nitrogens with zero attached hydrogens (tertiary/aromatic N) is 1. The molecule has 0 saturated carbocycles. The second-order valence-electron chi connectivity index (χ2n) is 6.48. The third-order valence-corrected chi connectivity index (χ3v) is 4.32. The van der Waals surface area contributed by atoms with Gasteiger partial charge in [-0.2, -0.15) is 0 Å². The number of aromatic nitrogens is 2. The van der Waals surface area contributed by atoms with Crippen molar-refractivity contribution in [3.63, 3.8) is 0 Å². The molecule has 1 aromatic heterocycles. The Morgan fingerprint density at radius 2 is 2.03 bits per heavy atom. The first-order chi connectivity index (χ1) is 14.4. The SMILES string of the molecule is CCOC(=O)c1nc2cccc(C)c2c(=O)[nH]1.Cl.NCc1ccc2c(c1)NC(=O)CO2. The molecule has 3 aromatic rings. The smallest absolute Gasteiger partial charge is 0.374 e. The van der Waals surface area contributed by atoms with Gasteiger partial charge in [-0.25, -0.2) is 9.78 Å². The summed E-state index contributed by atoms with van der Waals surface area (Å²) < 4.78 is 9.97. The molecule has 9 nitrogen and oxygen atoms in total. The lowest BCUT2D eigenvalue weighted by atomic mass is 10.1. The molecular formula is C21H23ClN4O5. The van der Waals surface area contributed by atoms with Gasteiger partial charge in [-0.15, -0.1) is 12.4 Å². The van der Waals surface area contributed by atoms with Gasteiger partial charge in [-0.3, -0.25) is 9.59 Å². The molecule has 1 aliphatic heterocycles. The van der Waals surface area contributed by atoms with Crippen LogP contribution in [0.4, 0.5) is 5.69 Å². The number of hydrogen-bond acceptors (Lipinski definition) is 7. The van der Waals surface area contributed by atoms with Crippen molar-refractivity contribution in [3.05, 3.63) is 63.7 Å². The summed E-state index contributed by atoms with van der Waals surface area (Å²) in [6.07, 6.45) is 0. The lowest BCUT2D eigenvalue weighted by Gasteiger charge is -2.18. The van der Waals surface area contributed by atoms with Crippen LogP contribution in [0.2, 0.25) is 0 Å². The number of anilines is 1. The van der Waals surface area contributed by atoms with E-state index in [1.807, 2.05) is 31.2 Å². The van der Waals surface area contributed by atoms with Crippen molar-refractivity contribution >= 4 is 40.9 Å². The minimum absolute atomic E-state index is 0. The van der Waals surface area contributed by atoms with E-state index in [0.29, 0.717) is 28.9 Å². The van der Waals surface area contributed by atoms with Crippen LogP contribution in [0.25, 0.3) is 10.9 Å². The normalized spacial score (nSPS) is 11.8. The van der Waals surface area contributed by atoms with Crippen LogP contribution in [0.15, 0.2) is 41.2 Å². The number of esters is 1. The molecule has 2 aromatic carbocycles. The molecule has 0 radical (unpaired) electrons. The third kappa shape index (κ3) is 5.59. The van der Waals surface area contributed by atoms with Crippen LogP contribution >= 0.6 is 12.4 Å². The van der Waals surface area contributed by atoms with Crippen LogP contribution in [0, 0.1) is 6.92 Å². The van der Waals surface area contributed by atoms with Gasteiger partial charge >= 0.3 is 5.97 Å². The molecule has 4 rings (SSSR count). The van der Waals surface area contributed by atoms with Crippen LogP contribution in [-0.4, -0.2) is 35.1 Å². The first-order valence-electron chi connectivity index (χ1n) is 9.35. The van der Waals surface area contributed by atoms with Gasteiger partial charge < -0.3 is 25.5 Å². The van der Waals surface area contributed by atoms with E-state index in [4.69, 9.17) is 15.2 Å². The van der Waals surface area contributed by atoms with Crippen molar-refractivity contribution < 1.29 is 19.1 Å². The van der Waals surface area contributed by atoms with Crippen molar-refractivity contribution in [1.29, 1.82) is 0 Å². The number of nitrogens with two attached hydrogens (primary N) is 1. The van der Waals surface area contributed by atoms with Gasteiger partial charge in [0.1, 0.15) is 5.75 Å². The fourth-order valence-electron chi connectivity index (χ4n) is 2.91. The average molecular weight is 447 g/mol. The van der Waals surface area contributed by atoms with Gasteiger partial charge in [0.05, 0.1) is 23.2 Å². The maximum atomic E-state index is 11.8. The van der Waals surface area contributed by atoms with E-state index < -0.39 is 5.97 Å². The highest BCUT2D eigenvalue weighted by Crippen LogP contribution is 2.28. The summed E-state index contributed by atoms with van der Waals surface area (Å²) in [7, 11) is 0. The Kier molecular flexibility index (Phi) is 8.12. The number of aryl methyl sites for hydroxylation is 1. The van der Waals surface area contributed by atoms with Gasteiger partial charge in [0, 0.05) is 6.54 Å². The maximum Gasteiger partial charge on any atom is 0.374 e. The molecule has 0 atom stereocenters. The molecule has 1 amide bonds. The molecule has 0 aliphatic carbocycles. The van der Waals surface area contributed by atoms with E-state index in [0.717, 1.165) is 11.1 Å². The summed E-state index contributed by atoms with van der Waals surface area (Å²) in [5, 5.41) is 3.22. The fraction of sp³-hybridized carbons (Fsp3) is 0.238. The number of carbonyl (C=O) groups excluding carboxylic acids is 2. The predicted molar refractivity (Wildman–Crippen MR) is 119 cm³/mol. The molecule has 10 heteroatoms. The largest absolute Gasteiger partial charge is 0.482 e. The Bertz CT molecular complexity index is 1160. The summed E-state index contributed by atoms with van der Waals surface area (Å²) in [5.74, 6) is -0.0959. The van der Waals surface area contributed by atoms with Gasteiger partial charge in [-0.1, -0.05) is 18.2 Å². The third-order valence-electron chi connectivity index (χ3n) is 4.32. The van der Waals surface area contributed by atoms with Gasteiger partial charge in [-0.05, 0) is 43.2 Å². The Hall–Kier alpha value is -3.43. The van der Waals surface area contributed by atoms with Gasteiger partial charge in [0.2, 0.25) is 5.82 Å². The molecule has 0 bridgehead atoms. The molecule has 0 fully saturated rings. The number of fused-ring (bicyclic) bond motifs is 2. The van der Waals surface area contributed by atoms with Crippen LogP contribution < -0.4 is 21.3 Å². The molecule has 0 saturated heterocycles. The topological polar surface area (TPSA) is 136 Å². The first-order valence-corrected chi connectivity index (χ1v) is 9.35.